The Morgan fingerprint density at radius 2 is 1.87 bits per heavy atom. The molecule has 0 aromatic heterocycles. The van der Waals surface area contributed by atoms with E-state index in [0.717, 1.165) is 48.6 Å². The molecule has 1 aliphatic carbocycles. The third kappa shape index (κ3) is 3.89. The van der Waals surface area contributed by atoms with Gasteiger partial charge in [-0.25, -0.2) is 4.79 Å². The van der Waals surface area contributed by atoms with Gasteiger partial charge in [0.15, 0.2) is 0 Å². The molecule has 2 saturated heterocycles. The predicted octanol–water partition coefficient (Wildman–Crippen LogP) is 3.36. The molecular formula is C23H32N4O3. The second-order valence-corrected chi connectivity index (χ2v) is 10.0. The van der Waals surface area contributed by atoms with E-state index in [1.54, 1.807) is 0 Å². The zero-order valence-corrected chi connectivity index (χ0v) is 18.2. The molecule has 2 N–H and O–H groups in total. The normalized spacial score (nSPS) is 28.2. The van der Waals surface area contributed by atoms with Gasteiger partial charge in [0.1, 0.15) is 12.1 Å². The van der Waals surface area contributed by atoms with Gasteiger partial charge in [0.25, 0.3) is 5.91 Å². The van der Waals surface area contributed by atoms with E-state index in [4.69, 9.17) is 0 Å². The van der Waals surface area contributed by atoms with Crippen LogP contribution in [-0.2, 0) is 9.59 Å². The van der Waals surface area contributed by atoms with Crippen LogP contribution in [0, 0.1) is 11.3 Å². The fraction of sp³-hybridized carbons (Fsp3) is 0.609. The summed E-state index contributed by atoms with van der Waals surface area (Å²) >= 11 is 0. The second-order valence-electron chi connectivity index (χ2n) is 10.0. The molecule has 1 spiro atoms. The van der Waals surface area contributed by atoms with Crippen molar-refractivity contribution in [2.75, 3.05) is 29.9 Å². The van der Waals surface area contributed by atoms with Crippen molar-refractivity contribution in [3.8, 4) is 0 Å². The summed E-state index contributed by atoms with van der Waals surface area (Å²) in [6, 6.07) is 7.23. The lowest BCUT2D eigenvalue weighted by Crippen LogP contribution is -2.54. The monoisotopic (exact) mass is 412 g/mol. The molecule has 7 heteroatoms. The molecule has 2 atom stereocenters. The fourth-order valence-electron chi connectivity index (χ4n) is 5.80. The van der Waals surface area contributed by atoms with Gasteiger partial charge in [-0.15, -0.1) is 0 Å². The van der Waals surface area contributed by atoms with Gasteiger partial charge in [-0.2, -0.15) is 0 Å². The van der Waals surface area contributed by atoms with E-state index in [9.17, 15) is 14.4 Å². The van der Waals surface area contributed by atoms with Crippen molar-refractivity contribution in [3.05, 3.63) is 24.3 Å². The SMILES string of the molecule is CC1CC(C)(C)CC2(C1)NC(=O)N(CC(=O)Nc1ccccc1N1CCCC1)C2=O. The Bertz CT molecular complexity index is 862. The highest BCUT2D eigenvalue weighted by Gasteiger charge is 2.56. The van der Waals surface area contributed by atoms with Gasteiger partial charge in [-0.3, -0.25) is 14.5 Å². The quantitative estimate of drug-likeness (QED) is 0.743. The molecule has 4 amide bonds. The summed E-state index contributed by atoms with van der Waals surface area (Å²) in [4.78, 5) is 42.0. The van der Waals surface area contributed by atoms with E-state index in [1.807, 2.05) is 24.3 Å². The minimum absolute atomic E-state index is 0.0342. The number of imide groups is 1. The van der Waals surface area contributed by atoms with Crippen molar-refractivity contribution in [2.24, 2.45) is 11.3 Å². The molecule has 1 saturated carbocycles. The Hall–Kier alpha value is -2.57. The van der Waals surface area contributed by atoms with E-state index >= 15 is 0 Å². The van der Waals surface area contributed by atoms with E-state index in [-0.39, 0.29) is 23.8 Å². The van der Waals surface area contributed by atoms with Gasteiger partial charge in [0, 0.05) is 13.1 Å². The molecule has 7 nitrogen and oxygen atoms in total. The van der Waals surface area contributed by atoms with Crippen LogP contribution in [-0.4, -0.2) is 47.9 Å². The minimum Gasteiger partial charge on any atom is -0.370 e. The average molecular weight is 413 g/mol. The summed E-state index contributed by atoms with van der Waals surface area (Å²) in [5.74, 6) is -0.292. The largest absolute Gasteiger partial charge is 0.370 e. The van der Waals surface area contributed by atoms with Crippen LogP contribution >= 0.6 is 0 Å². The summed E-state index contributed by atoms with van der Waals surface area (Å²) in [5, 5.41) is 5.85. The second kappa shape index (κ2) is 7.60. The first-order valence-electron chi connectivity index (χ1n) is 11.0. The summed E-state index contributed by atoms with van der Waals surface area (Å²) < 4.78 is 0. The zero-order chi connectivity index (χ0) is 21.5. The molecule has 2 heterocycles. The lowest BCUT2D eigenvalue weighted by atomic mass is 9.64. The molecule has 1 aromatic carbocycles. The van der Waals surface area contributed by atoms with E-state index < -0.39 is 11.6 Å². The Morgan fingerprint density at radius 1 is 1.17 bits per heavy atom. The molecule has 0 bridgehead atoms. The minimum atomic E-state index is -0.883. The van der Waals surface area contributed by atoms with E-state index in [1.165, 1.54) is 0 Å². The highest BCUT2D eigenvalue weighted by molar-refractivity contribution is 6.10. The third-order valence-corrected chi connectivity index (χ3v) is 6.55. The summed E-state index contributed by atoms with van der Waals surface area (Å²) in [6.45, 7) is 8.05. The Labute approximate surface area is 178 Å². The first-order chi connectivity index (χ1) is 14.2. The molecular weight excluding hydrogens is 380 g/mol. The van der Waals surface area contributed by atoms with Crippen molar-refractivity contribution >= 4 is 29.2 Å². The number of carbonyl (C=O) groups excluding carboxylic acids is 3. The van der Waals surface area contributed by atoms with Crippen LogP contribution in [0.25, 0.3) is 0 Å². The number of urea groups is 1. The number of nitrogens with zero attached hydrogens (tertiary/aromatic N) is 2. The summed E-state index contributed by atoms with van der Waals surface area (Å²) in [5.41, 5.74) is 0.790. The molecule has 0 radical (unpaired) electrons. The van der Waals surface area contributed by atoms with Crippen molar-refractivity contribution in [2.45, 2.75) is 58.4 Å². The molecule has 162 valence electrons. The molecule has 4 rings (SSSR count). The third-order valence-electron chi connectivity index (χ3n) is 6.55. The number of hydrogen-bond acceptors (Lipinski definition) is 4. The summed E-state index contributed by atoms with van der Waals surface area (Å²) in [6.07, 6.45) is 4.52. The van der Waals surface area contributed by atoms with Crippen molar-refractivity contribution in [1.29, 1.82) is 0 Å². The van der Waals surface area contributed by atoms with Crippen molar-refractivity contribution < 1.29 is 14.4 Å². The highest BCUT2D eigenvalue weighted by atomic mass is 16.2. The van der Waals surface area contributed by atoms with Gasteiger partial charge in [0.2, 0.25) is 5.91 Å². The van der Waals surface area contributed by atoms with Crippen LogP contribution in [0.1, 0.15) is 52.9 Å². The van der Waals surface area contributed by atoms with Crippen LogP contribution in [0.3, 0.4) is 0 Å². The first-order valence-corrected chi connectivity index (χ1v) is 11.0. The topological polar surface area (TPSA) is 81.8 Å². The lowest BCUT2D eigenvalue weighted by Gasteiger charge is -2.43. The highest BCUT2D eigenvalue weighted by Crippen LogP contribution is 2.46. The molecule has 3 aliphatic rings. The smallest absolute Gasteiger partial charge is 0.325 e. The van der Waals surface area contributed by atoms with Gasteiger partial charge >= 0.3 is 6.03 Å². The molecule has 3 fully saturated rings. The number of rotatable bonds is 4. The van der Waals surface area contributed by atoms with Crippen LogP contribution in [0.5, 0.6) is 0 Å². The van der Waals surface area contributed by atoms with E-state index in [0.29, 0.717) is 18.8 Å². The summed E-state index contributed by atoms with van der Waals surface area (Å²) in [7, 11) is 0. The Kier molecular flexibility index (Phi) is 5.24. The molecule has 2 unspecified atom stereocenters. The first kappa shape index (κ1) is 20.7. The van der Waals surface area contributed by atoms with Crippen LogP contribution < -0.4 is 15.5 Å². The number of carbonyl (C=O) groups is 3. The van der Waals surface area contributed by atoms with Gasteiger partial charge in [0.05, 0.1) is 11.4 Å². The van der Waals surface area contributed by atoms with Crippen LogP contribution in [0.2, 0.25) is 0 Å². The number of benzene rings is 1. The van der Waals surface area contributed by atoms with Gasteiger partial charge in [-0.05, 0) is 55.6 Å². The van der Waals surface area contributed by atoms with Gasteiger partial charge < -0.3 is 15.5 Å². The molecule has 1 aromatic rings. The van der Waals surface area contributed by atoms with Crippen molar-refractivity contribution in [3.63, 3.8) is 0 Å². The number of para-hydroxylation sites is 2. The Balaban J connectivity index is 1.47. The maximum absolute atomic E-state index is 13.2. The lowest BCUT2D eigenvalue weighted by molar-refractivity contribution is -0.136. The molecule has 30 heavy (non-hydrogen) atoms. The standard InChI is InChI=1S/C23H32N4O3/c1-16-12-22(2,3)15-23(13-16)20(29)27(21(30)25-23)14-19(28)24-17-8-4-5-9-18(17)26-10-6-7-11-26/h4-5,8-9,16H,6-7,10-15H2,1-3H3,(H,24,28)(H,25,30). The Morgan fingerprint density at radius 3 is 2.57 bits per heavy atom. The van der Waals surface area contributed by atoms with Gasteiger partial charge in [-0.1, -0.05) is 32.9 Å². The fourth-order valence-corrected chi connectivity index (χ4v) is 5.80. The van der Waals surface area contributed by atoms with Crippen molar-refractivity contribution in [1.82, 2.24) is 10.2 Å². The number of nitrogens with one attached hydrogen (secondary N) is 2. The molecule has 2 aliphatic heterocycles. The van der Waals surface area contributed by atoms with E-state index in [2.05, 4.69) is 36.3 Å². The number of amides is 4. The number of hydrogen-bond donors (Lipinski definition) is 2. The van der Waals surface area contributed by atoms with Crippen LogP contribution in [0.4, 0.5) is 16.2 Å². The maximum atomic E-state index is 13.2. The average Bonchev–Trinajstić information content (AvgIpc) is 3.24. The number of anilines is 2. The van der Waals surface area contributed by atoms with Crippen LogP contribution in [0.15, 0.2) is 24.3 Å². The maximum Gasteiger partial charge on any atom is 0.325 e. The zero-order valence-electron chi connectivity index (χ0n) is 18.2. The predicted molar refractivity (Wildman–Crippen MR) is 116 cm³/mol.